The third kappa shape index (κ3) is 4.66. The molecule has 10 nitrogen and oxygen atoms in total. The van der Waals surface area contributed by atoms with Gasteiger partial charge in [-0.3, -0.25) is 9.62 Å². The minimum atomic E-state index is -0.378. The number of thiol groups is 1. The van der Waals surface area contributed by atoms with Gasteiger partial charge in [-0.1, -0.05) is 12.8 Å². The molecule has 164 valence electrons. The summed E-state index contributed by atoms with van der Waals surface area (Å²) in [5.74, 6) is 2.44. The Kier molecular flexibility index (Phi) is 6.85. The van der Waals surface area contributed by atoms with Crippen molar-refractivity contribution in [1.29, 1.82) is 0 Å². The van der Waals surface area contributed by atoms with Gasteiger partial charge in [0.05, 0.1) is 27.5 Å². The molecule has 0 radical (unpaired) electrons. The van der Waals surface area contributed by atoms with Crippen molar-refractivity contribution >= 4 is 47.3 Å². The number of amides is 2. The highest BCUT2D eigenvalue weighted by Gasteiger charge is 2.17. The highest BCUT2D eigenvalue weighted by Crippen LogP contribution is 2.41. The van der Waals surface area contributed by atoms with Crippen LogP contribution in [0.3, 0.4) is 0 Å². The number of hydrogen-bond acceptors (Lipinski definition) is 9. The standard InChI is InChI=1S/C20H24N6O4S/c1-6-26(31)20(27)23-16-8-7-13-19(22-16)24-17(11-21-13)25(2)12-9-14(28-3)18(30-5)15(10-12)29-4/h7-11,31H,6H2,1-5H3,(H,22,23,24,27). The molecule has 0 aliphatic carbocycles. The number of nitrogens with zero attached hydrogens (tertiary/aromatic N) is 5. The number of urea groups is 1. The highest BCUT2D eigenvalue weighted by atomic mass is 32.1. The van der Waals surface area contributed by atoms with Gasteiger partial charge in [0.25, 0.3) is 0 Å². The quantitative estimate of drug-likeness (QED) is 0.534. The van der Waals surface area contributed by atoms with Gasteiger partial charge in [0.2, 0.25) is 5.75 Å². The molecule has 0 unspecified atom stereocenters. The van der Waals surface area contributed by atoms with E-state index in [0.29, 0.717) is 46.6 Å². The van der Waals surface area contributed by atoms with Crippen LogP contribution in [0.4, 0.5) is 22.1 Å². The number of carbonyl (C=O) groups excluding carboxylic acids is 1. The van der Waals surface area contributed by atoms with E-state index in [1.165, 1.54) is 4.31 Å². The lowest BCUT2D eigenvalue weighted by atomic mass is 10.2. The number of ether oxygens (including phenoxy) is 3. The summed E-state index contributed by atoms with van der Waals surface area (Å²) < 4.78 is 17.5. The second-order valence-electron chi connectivity index (χ2n) is 6.36. The van der Waals surface area contributed by atoms with Crippen molar-refractivity contribution in [2.45, 2.75) is 6.92 Å². The van der Waals surface area contributed by atoms with Crippen LogP contribution in [-0.4, -0.2) is 60.2 Å². The number of pyridine rings is 1. The fourth-order valence-corrected chi connectivity index (χ4v) is 2.88. The van der Waals surface area contributed by atoms with Crippen LogP contribution >= 0.6 is 12.8 Å². The van der Waals surface area contributed by atoms with Crippen LogP contribution in [0.1, 0.15) is 6.92 Å². The predicted molar refractivity (Wildman–Crippen MR) is 122 cm³/mol. The van der Waals surface area contributed by atoms with Crippen LogP contribution < -0.4 is 24.4 Å². The van der Waals surface area contributed by atoms with Crippen molar-refractivity contribution in [3.05, 3.63) is 30.5 Å². The Morgan fingerprint density at radius 1 is 1.10 bits per heavy atom. The van der Waals surface area contributed by atoms with Crippen LogP contribution in [0.2, 0.25) is 0 Å². The first-order valence-electron chi connectivity index (χ1n) is 9.36. The average molecular weight is 445 g/mol. The van der Waals surface area contributed by atoms with Gasteiger partial charge in [-0.2, -0.15) is 0 Å². The molecule has 0 aliphatic heterocycles. The molecule has 0 saturated carbocycles. The maximum atomic E-state index is 12.0. The fourth-order valence-electron chi connectivity index (χ4n) is 2.83. The van der Waals surface area contributed by atoms with Gasteiger partial charge < -0.3 is 19.1 Å². The molecule has 1 N–H and O–H groups in total. The lowest BCUT2D eigenvalue weighted by Gasteiger charge is -2.21. The number of aromatic nitrogens is 3. The molecule has 3 aromatic rings. The molecule has 1 aromatic carbocycles. The number of methoxy groups -OCH3 is 3. The Balaban J connectivity index is 1.96. The Morgan fingerprint density at radius 2 is 1.77 bits per heavy atom. The van der Waals surface area contributed by atoms with E-state index in [1.54, 1.807) is 39.7 Å². The van der Waals surface area contributed by atoms with Crippen LogP contribution in [0.15, 0.2) is 30.5 Å². The van der Waals surface area contributed by atoms with Crippen molar-refractivity contribution in [1.82, 2.24) is 19.3 Å². The largest absolute Gasteiger partial charge is 0.493 e. The number of fused-ring (bicyclic) bond motifs is 1. The number of hydrogen-bond donors (Lipinski definition) is 2. The summed E-state index contributed by atoms with van der Waals surface area (Å²) in [6.07, 6.45) is 1.64. The molecule has 2 heterocycles. The summed E-state index contributed by atoms with van der Waals surface area (Å²) in [5.41, 5.74) is 1.73. The molecular weight excluding hydrogens is 420 g/mol. The van der Waals surface area contributed by atoms with Gasteiger partial charge in [0, 0.05) is 31.4 Å². The van der Waals surface area contributed by atoms with E-state index >= 15 is 0 Å². The smallest absolute Gasteiger partial charge is 0.332 e. The fraction of sp³-hybridized carbons (Fsp3) is 0.300. The molecule has 0 aliphatic rings. The molecule has 0 spiro atoms. The molecule has 0 atom stereocenters. The summed E-state index contributed by atoms with van der Waals surface area (Å²) >= 11 is 4.09. The topological polar surface area (TPSA) is 102 Å². The third-order valence-corrected chi connectivity index (χ3v) is 5.01. The number of carbonyl (C=O) groups is 1. The van der Waals surface area contributed by atoms with E-state index < -0.39 is 0 Å². The SMILES string of the molecule is CCN(S)C(=O)Nc1ccc2ncc(N(C)c3cc(OC)c(OC)c(OC)c3)nc2n1. The first kappa shape index (κ1) is 22.2. The first-order valence-corrected chi connectivity index (χ1v) is 9.76. The van der Waals surface area contributed by atoms with Gasteiger partial charge >= 0.3 is 6.03 Å². The predicted octanol–water partition coefficient (Wildman–Crippen LogP) is 3.52. The number of nitrogens with one attached hydrogen (secondary N) is 1. The molecule has 0 saturated heterocycles. The zero-order valence-corrected chi connectivity index (χ0v) is 18.8. The second kappa shape index (κ2) is 9.56. The van der Waals surface area contributed by atoms with E-state index in [-0.39, 0.29) is 6.03 Å². The van der Waals surface area contributed by atoms with Crippen LogP contribution in [0.25, 0.3) is 11.2 Å². The lowest BCUT2D eigenvalue weighted by Crippen LogP contribution is -2.27. The van der Waals surface area contributed by atoms with Crippen LogP contribution in [0, 0.1) is 0 Å². The number of anilines is 3. The van der Waals surface area contributed by atoms with Crippen molar-refractivity contribution in [3.63, 3.8) is 0 Å². The van der Waals surface area contributed by atoms with Crippen molar-refractivity contribution in [3.8, 4) is 17.2 Å². The molecule has 0 bridgehead atoms. The minimum absolute atomic E-state index is 0.354. The van der Waals surface area contributed by atoms with Crippen molar-refractivity contribution in [2.24, 2.45) is 0 Å². The summed E-state index contributed by atoms with van der Waals surface area (Å²) in [7, 11) is 6.50. The summed E-state index contributed by atoms with van der Waals surface area (Å²) in [6.45, 7) is 2.27. The molecule has 2 amide bonds. The molecule has 0 fully saturated rings. The second-order valence-corrected chi connectivity index (χ2v) is 6.84. The van der Waals surface area contributed by atoms with Crippen LogP contribution in [-0.2, 0) is 0 Å². The Labute approximate surface area is 185 Å². The van der Waals surface area contributed by atoms with Gasteiger partial charge in [-0.15, -0.1) is 0 Å². The first-order chi connectivity index (χ1) is 14.9. The number of benzene rings is 1. The average Bonchev–Trinajstić information content (AvgIpc) is 2.81. The van der Waals surface area contributed by atoms with E-state index in [4.69, 9.17) is 14.2 Å². The summed E-state index contributed by atoms with van der Waals surface area (Å²) in [4.78, 5) is 27.3. The normalized spacial score (nSPS) is 10.5. The van der Waals surface area contributed by atoms with Gasteiger partial charge in [-0.05, 0) is 19.1 Å². The van der Waals surface area contributed by atoms with E-state index in [1.807, 2.05) is 31.0 Å². The summed E-state index contributed by atoms with van der Waals surface area (Å²) in [6, 6.07) is 6.64. The van der Waals surface area contributed by atoms with Crippen LogP contribution in [0.5, 0.6) is 17.2 Å². The van der Waals surface area contributed by atoms with Gasteiger partial charge in [0.15, 0.2) is 23.0 Å². The van der Waals surface area contributed by atoms with Gasteiger partial charge in [0.1, 0.15) is 11.3 Å². The summed E-state index contributed by atoms with van der Waals surface area (Å²) in [5, 5.41) is 2.68. The number of rotatable bonds is 7. The van der Waals surface area contributed by atoms with Crippen molar-refractivity contribution in [2.75, 3.05) is 45.1 Å². The van der Waals surface area contributed by atoms with E-state index in [9.17, 15) is 4.79 Å². The van der Waals surface area contributed by atoms with Gasteiger partial charge in [-0.25, -0.2) is 19.7 Å². The highest BCUT2D eigenvalue weighted by molar-refractivity contribution is 7.78. The molecule has 11 heteroatoms. The Hall–Kier alpha value is -3.47. The Bertz CT molecular complexity index is 1070. The molecular formula is C20H24N6O4S. The van der Waals surface area contributed by atoms with E-state index in [2.05, 4.69) is 33.1 Å². The maximum absolute atomic E-state index is 12.0. The zero-order chi connectivity index (χ0) is 22.5. The third-order valence-electron chi connectivity index (χ3n) is 4.54. The zero-order valence-electron chi connectivity index (χ0n) is 17.9. The van der Waals surface area contributed by atoms with Crippen molar-refractivity contribution < 1.29 is 19.0 Å². The minimum Gasteiger partial charge on any atom is -0.493 e. The Morgan fingerprint density at radius 3 is 2.35 bits per heavy atom. The monoisotopic (exact) mass is 444 g/mol. The molecule has 31 heavy (non-hydrogen) atoms. The molecule has 3 rings (SSSR count). The van der Waals surface area contributed by atoms with E-state index in [0.717, 1.165) is 5.69 Å². The molecule has 2 aromatic heterocycles. The lowest BCUT2D eigenvalue weighted by molar-refractivity contribution is 0.240. The maximum Gasteiger partial charge on any atom is 0.332 e.